The molecule has 0 unspecified atom stereocenters. The van der Waals surface area contributed by atoms with Crippen LogP contribution in [0.3, 0.4) is 0 Å². The minimum absolute atomic E-state index is 0. The monoisotopic (exact) mass is 510 g/mol. The van der Waals surface area contributed by atoms with Crippen molar-refractivity contribution in [1.29, 1.82) is 0 Å². The van der Waals surface area contributed by atoms with E-state index in [0.717, 1.165) is 21.9 Å². The normalized spacial score (nSPS) is 11.5. The third-order valence-electron chi connectivity index (χ3n) is 5.12. The first-order valence-electron chi connectivity index (χ1n) is 9.99. The van der Waals surface area contributed by atoms with Gasteiger partial charge in [0.25, 0.3) is 0 Å². The van der Waals surface area contributed by atoms with E-state index in [1.54, 1.807) is 24.3 Å². The molecule has 168 valence electrons. The Bertz CT molecular complexity index is 1380. The van der Waals surface area contributed by atoms with Crippen LogP contribution in [0.15, 0.2) is 82.6 Å². The Morgan fingerprint density at radius 1 is 0.606 bits per heavy atom. The molecular formula is C24H22CaO6S2. The molecule has 0 saturated heterocycles. The van der Waals surface area contributed by atoms with Gasteiger partial charge in [-0.25, -0.2) is 16.8 Å². The van der Waals surface area contributed by atoms with E-state index >= 15 is 0 Å². The van der Waals surface area contributed by atoms with Gasteiger partial charge in [-0.05, 0) is 57.6 Å². The number of benzene rings is 4. The number of fused-ring (bicyclic) bond motifs is 2. The molecule has 0 radical (unpaired) electrons. The second kappa shape index (κ2) is 11.3. The molecule has 0 N–H and O–H groups in total. The molecular weight excluding hydrogens is 488 g/mol. The Morgan fingerprint density at radius 2 is 0.939 bits per heavy atom. The van der Waals surface area contributed by atoms with Crippen molar-refractivity contribution in [2.24, 2.45) is 0 Å². The van der Waals surface area contributed by atoms with Crippen LogP contribution in [0.4, 0.5) is 0 Å². The molecule has 4 rings (SSSR count). The first-order valence-corrected chi connectivity index (χ1v) is 12.8. The van der Waals surface area contributed by atoms with Gasteiger partial charge in [0, 0.05) is 0 Å². The Balaban J connectivity index is 0.000000227. The average Bonchev–Trinajstić information content (AvgIpc) is 2.76. The molecule has 0 aromatic heterocycles. The van der Waals surface area contributed by atoms with Gasteiger partial charge in [-0.1, -0.05) is 74.5 Å². The zero-order valence-electron chi connectivity index (χ0n) is 18.3. The summed E-state index contributed by atoms with van der Waals surface area (Å²) in [6.07, 6.45) is 1.40. The zero-order valence-corrected chi connectivity index (χ0v) is 22.2. The minimum Gasteiger partial charge on any atom is -0.744 e. The molecule has 4 aromatic carbocycles. The fourth-order valence-corrected chi connectivity index (χ4v) is 4.99. The maximum Gasteiger partial charge on any atom is 2.00 e. The van der Waals surface area contributed by atoms with Gasteiger partial charge in [-0.3, -0.25) is 0 Å². The molecule has 0 fully saturated rings. The van der Waals surface area contributed by atoms with Crippen LogP contribution in [0.5, 0.6) is 0 Å². The molecule has 33 heavy (non-hydrogen) atoms. The number of aryl methyl sites for hydroxylation is 2. The van der Waals surface area contributed by atoms with E-state index < -0.39 is 20.2 Å². The molecule has 0 atom stereocenters. The summed E-state index contributed by atoms with van der Waals surface area (Å²) in [5.41, 5.74) is 1.71. The molecule has 6 nitrogen and oxygen atoms in total. The van der Waals surface area contributed by atoms with Crippen molar-refractivity contribution in [2.75, 3.05) is 0 Å². The van der Waals surface area contributed by atoms with E-state index in [-0.39, 0.29) is 47.5 Å². The van der Waals surface area contributed by atoms with Gasteiger partial charge in [0.1, 0.15) is 20.2 Å². The zero-order chi connectivity index (χ0) is 23.5. The fraction of sp³-hybridized carbons (Fsp3) is 0.167. The topological polar surface area (TPSA) is 114 Å². The van der Waals surface area contributed by atoms with E-state index in [1.807, 2.05) is 50.2 Å². The quantitative estimate of drug-likeness (QED) is 0.300. The molecule has 0 aliphatic rings. The predicted molar refractivity (Wildman–Crippen MR) is 128 cm³/mol. The average molecular weight is 511 g/mol. The van der Waals surface area contributed by atoms with E-state index in [4.69, 9.17) is 0 Å². The van der Waals surface area contributed by atoms with Gasteiger partial charge < -0.3 is 9.11 Å². The summed E-state index contributed by atoms with van der Waals surface area (Å²) in [5.74, 6) is 0. The summed E-state index contributed by atoms with van der Waals surface area (Å²) >= 11 is 0. The second-order valence-electron chi connectivity index (χ2n) is 7.25. The van der Waals surface area contributed by atoms with Crippen LogP contribution in [0.2, 0.25) is 0 Å². The van der Waals surface area contributed by atoms with Gasteiger partial charge in [0.05, 0.1) is 9.79 Å². The molecule has 0 bridgehead atoms. The summed E-state index contributed by atoms with van der Waals surface area (Å²) in [4.78, 5) is -0.245. The Hall–Kier alpha value is -1.52. The SMILES string of the molecule is CCc1cc(S(=O)(=O)[O-])c2ccccc2c1.CCc1cc(S(=O)(=O)[O-])c2ccccc2c1.[Ca+2]. The van der Waals surface area contributed by atoms with Gasteiger partial charge in [0.15, 0.2) is 0 Å². The van der Waals surface area contributed by atoms with Gasteiger partial charge in [-0.2, -0.15) is 0 Å². The van der Waals surface area contributed by atoms with E-state index in [9.17, 15) is 25.9 Å². The number of hydrogen-bond donors (Lipinski definition) is 0. The first kappa shape index (κ1) is 27.7. The molecule has 0 spiro atoms. The summed E-state index contributed by atoms with van der Waals surface area (Å²) in [7, 11) is -8.82. The van der Waals surface area contributed by atoms with Gasteiger partial charge >= 0.3 is 37.7 Å². The van der Waals surface area contributed by atoms with Crippen molar-refractivity contribution in [3.63, 3.8) is 0 Å². The van der Waals surface area contributed by atoms with Crippen molar-refractivity contribution in [3.05, 3.63) is 83.9 Å². The maximum absolute atomic E-state index is 11.2. The van der Waals surface area contributed by atoms with Gasteiger partial charge in [0.2, 0.25) is 0 Å². The van der Waals surface area contributed by atoms with Crippen molar-refractivity contribution < 1.29 is 25.9 Å². The molecule has 9 heteroatoms. The van der Waals surface area contributed by atoms with Crippen LogP contribution in [0.25, 0.3) is 21.5 Å². The van der Waals surface area contributed by atoms with Crippen LogP contribution in [-0.4, -0.2) is 63.7 Å². The van der Waals surface area contributed by atoms with Crippen LogP contribution >= 0.6 is 0 Å². The summed E-state index contributed by atoms with van der Waals surface area (Å²) in [6.45, 7) is 3.84. The molecule has 0 saturated carbocycles. The number of rotatable bonds is 4. The first-order chi connectivity index (χ1) is 15.0. The third kappa shape index (κ3) is 6.76. The minimum atomic E-state index is -4.41. The van der Waals surface area contributed by atoms with Crippen molar-refractivity contribution >= 4 is 79.5 Å². The van der Waals surface area contributed by atoms with Crippen molar-refractivity contribution in [3.8, 4) is 0 Å². The Labute approximate surface area is 224 Å². The van der Waals surface area contributed by atoms with E-state index in [0.29, 0.717) is 23.6 Å². The summed E-state index contributed by atoms with van der Waals surface area (Å²) in [6, 6.07) is 20.8. The van der Waals surface area contributed by atoms with E-state index in [1.165, 1.54) is 12.1 Å². The van der Waals surface area contributed by atoms with Crippen molar-refractivity contribution in [2.45, 2.75) is 36.5 Å². The van der Waals surface area contributed by atoms with Crippen molar-refractivity contribution in [1.82, 2.24) is 0 Å². The Morgan fingerprint density at radius 3 is 1.24 bits per heavy atom. The standard InChI is InChI=1S/2C12H12O3S.Ca/c2*1-2-9-7-10-5-3-4-6-11(10)12(8-9)16(13,14)15;/h2*3-8H,2H2,1H3,(H,13,14,15);/q;;+2/p-2. The van der Waals surface area contributed by atoms with Crippen LogP contribution in [-0.2, 0) is 33.1 Å². The fourth-order valence-electron chi connectivity index (χ4n) is 3.49. The second-order valence-corrected chi connectivity index (χ2v) is 9.94. The molecule has 0 aliphatic heterocycles. The third-order valence-corrected chi connectivity index (χ3v) is 6.88. The maximum atomic E-state index is 11.2. The van der Waals surface area contributed by atoms with Crippen LogP contribution in [0.1, 0.15) is 25.0 Å². The smallest absolute Gasteiger partial charge is 0.744 e. The van der Waals surface area contributed by atoms with Gasteiger partial charge in [-0.15, -0.1) is 0 Å². The summed E-state index contributed by atoms with van der Waals surface area (Å²) in [5, 5.41) is 2.57. The van der Waals surface area contributed by atoms with Crippen LogP contribution < -0.4 is 0 Å². The van der Waals surface area contributed by atoms with E-state index in [2.05, 4.69) is 0 Å². The molecule has 4 aromatic rings. The molecule has 0 heterocycles. The number of hydrogen-bond acceptors (Lipinski definition) is 6. The predicted octanol–water partition coefficient (Wildman–Crippen LogP) is 4.23. The largest absolute Gasteiger partial charge is 2.00 e. The van der Waals surface area contributed by atoms with Crippen LogP contribution in [0, 0.1) is 0 Å². The molecule has 0 aliphatic carbocycles. The molecule has 0 amide bonds. The summed E-state index contributed by atoms with van der Waals surface area (Å²) < 4.78 is 67.0. The Kier molecular flexibility index (Phi) is 9.47.